The van der Waals surface area contributed by atoms with Gasteiger partial charge in [0.2, 0.25) is 5.91 Å². The zero-order chi connectivity index (χ0) is 19.5. The number of piperidine rings is 1. The van der Waals surface area contributed by atoms with Gasteiger partial charge in [0.05, 0.1) is 6.10 Å². The highest BCUT2D eigenvalue weighted by Gasteiger charge is 2.35. The van der Waals surface area contributed by atoms with E-state index in [0.29, 0.717) is 29.7 Å². The first-order valence-electron chi connectivity index (χ1n) is 10.3. The molecule has 1 aliphatic carbocycles. The summed E-state index contributed by atoms with van der Waals surface area (Å²) < 4.78 is 5.67. The molecule has 28 heavy (non-hydrogen) atoms. The Morgan fingerprint density at radius 3 is 2.46 bits per heavy atom. The maximum Gasteiger partial charge on any atom is 0.251 e. The Kier molecular flexibility index (Phi) is 6.19. The first-order valence-corrected chi connectivity index (χ1v) is 10.7. The lowest BCUT2D eigenvalue weighted by atomic mass is 9.89. The summed E-state index contributed by atoms with van der Waals surface area (Å²) in [7, 11) is 0. The number of carbonyl (C=O) groups is 2. The number of nitrogens with zero attached hydrogens (tertiary/aromatic N) is 2. The standard InChI is InChI=1S/C21H28ClN3O3/c22-16-6-4-15(5-7-16)21(27)23-12-19-13-25(20(26)14-28-19)18-8-10-24(11-9-18)17-2-1-3-17/h4-7,17-19H,1-3,8-14H2,(H,23,27)/t19-/m1/s1. The maximum atomic E-state index is 12.4. The van der Waals surface area contributed by atoms with Crippen molar-refractivity contribution in [1.29, 1.82) is 0 Å². The maximum absolute atomic E-state index is 12.4. The van der Waals surface area contributed by atoms with Gasteiger partial charge in [0.25, 0.3) is 5.91 Å². The van der Waals surface area contributed by atoms with E-state index in [1.807, 2.05) is 4.90 Å². The van der Waals surface area contributed by atoms with E-state index in [1.54, 1.807) is 24.3 Å². The number of morpholine rings is 1. The van der Waals surface area contributed by atoms with E-state index in [2.05, 4.69) is 10.2 Å². The number of carbonyl (C=O) groups excluding carboxylic acids is 2. The SMILES string of the molecule is O=C(NC[C@@H]1CN(C2CCN(C3CCC3)CC2)C(=O)CO1)c1ccc(Cl)cc1. The monoisotopic (exact) mass is 405 g/mol. The van der Waals surface area contributed by atoms with E-state index in [0.717, 1.165) is 32.0 Å². The molecule has 0 bridgehead atoms. The molecule has 2 aliphatic heterocycles. The molecule has 6 nitrogen and oxygen atoms in total. The predicted molar refractivity (Wildman–Crippen MR) is 107 cm³/mol. The number of hydrogen-bond donors (Lipinski definition) is 1. The molecule has 1 aromatic carbocycles. The average molecular weight is 406 g/mol. The lowest BCUT2D eigenvalue weighted by Crippen LogP contribution is -2.57. The molecule has 0 unspecified atom stereocenters. The van der Waals surface area contributed by atoms with Gasteiger partial charge in [-0.05, 0) is 49.9 Å². The summed E-state index contributed by atoms with van der Waals surface area (Å²) in [4.78, 5) is 29.3. The number of nitrogens with one attached hydrogen (secondary N) is 1. The van der Waals surface area contributed by atoms with Gasteiger partial charge in [0.1, 0.15) is 6.61 Å². The molecule has 0 spiro atoms. The largest absolute Gasteiger partial charge is 0.365 e. The van der Waals surface area contributed by atoms with E-state index in [9.17, 15) is 9.59 Å². The third-order valence-electron chi connectivity index (χ3n) is 6.29. The highest BCUT2D eigenvalue weighted by atomic mass is 35.5. The van der Waals surface area contributed by atoms with Gasteiger partial charge in [-0.25, -0.2) is 0 Å². The zero-order valence-electron chi connectivity index (χ0n) is 16.1. The molecule has 1 aromatic rings. The Labute approximate surface area is 171 Å². The molecule has 2 saturated heterocycles. The zero-order valence-corrected chi connectivity index (χ0v) is 16.9. The number of benzene rings is 1. The van der Waals surface area contributed by atoms with Crippen molar-refractivity contribution in [2.45, 2.75) is 50.3 Å². The van der Waals surface area contributed by atoms with E-state index in [1.165, 1.54) is 19.3 Å². The Bertz CT molecular complexity index is 699. The minimum atomic E-state index is -0.168. The van der Waals surface area contributed by atoms with Crippen LogP contribution in [-0.2, 0) is 9.53 Å². The average Bonchev–Trinajstić information content (AvgIpc) is 2.67. The number of halogens is 1. The Hall–Kier alpha value is -1.63. The molecule has 1 atom stereocenters. The van der Waals surface area contributed by atoms with Crippen molar-refractivity contribution < 1.29 is 14.3 Å². The van der Waals surface area contributed by atoms with Crippen molar-refractivity contribution in [2.75, 3.05) is 32.8 Å². The summed E-state index contributed by atoms with van der Waals surface area (Å²) in [6.07, 6.45) is 5.92. The van der Waals surface area contributed by atoms with Crippen molar-refractivity contribution in [1.82, 2.24) is 15.1 Å². The van der Waals surface area contributed by atoms with Gasteiger partial charge >= 0.3 is 0 Å². The summed E-state index contributed by atoms with van der Waals surface area (Å²) in [5.74, 6) is -0.0834. The number of ether oxygens (including phenoxy) is 1. The molecule has 2 amide bonds. The number of hydrogen-bond acceptors (Lipinski definition) is 4. The van der Waals surface area contributed by atoms with Crippen molar-refractivity contribution in [2.24, 2.45) is 0 Å². The van der Waals surface area contributed by atoms with Crippen LogP contribution in [0, 0.1) is 0 Å². The van der Waals surface area contributed by atoms with Crippen LogP contribution >= 0.6 is 11.6 Å². The molecular weight excluding hydrogens is 378 g/mol. The molecule has 4 rings (SSSR count). The molecule has 1 N–H and O–H groups in total. The topological polar surface area (TPSA) is 61.9 Å². The molecular formula is C21H28ClN3O3. The highest BCUT2D eigenvalue weighted by Crippen LogP contribution is 2.29. The van der Waals surface area contributed by atoms with Crippen molar-refractivity contribution in [3.63, 3.8) is 0 Å². The van der Waals surface area contributed by atoms with Crippen LogP contribution in [0.4, 0.5) is 0 Å². The Morgan fingerprint density at radius 1 is 1.11 bits per heavy atom. The van der Waals surface area contributed by atoms with E-state index in [4.69, 9.17) is 16.3 Å². The van der Waals surface area contributed by atoms with Crippen molar-refractivity contribution >= 4 is 23.4 Å². The summed E-state index contributed by atoms with van der Waals surface area (Å²) in [5.41, 5.74) is 0.566. The van der Waals surface area contributed by atoms with Gasteiger partial charge in [-0.1, -0.05) is 18.0 Å². The smallest absolute Gasteiger partial charge is 0.251 e. The first-order chi connectivity index (χ1) is 13.6. The van der Waals surface area contributed by atoms with Crippen LogP contribution in [0.3, 0.4) is 0 Å². The fraction of sp³-hybridized carbons (Fsp3) is 0.619. The molecule has 3 fully saturated rings. The molecule has 2 heterocycles. The van der Waals surface area contributed by atoms with E-state index >= 15 is 0 Å². The second kappa shape index (κ2) is 8.80. The first kappa shape index (κ1) is 19.7. The minimum absolute atomic E-state index is 0.0716. The summed E-state index contributed by atoms with van der Waals surface area (Å²) in [5, 5.41) is 3.51. The Balaban J connectivity index is 1.26. The van der Waals surface area contributed by atoms with Crippen LogP contribution in [0.25, 0.3) is 0 Å². The van der Waals surface area contributed by atoms with Crippen LogP contribution < -0.4 is 5.32 Å². The van der Waals surface area contributed by atoms with Crippen LogP contribution in [0.1, 0.15) is 42.5 Å². The molecule has 1 saturated carbocycles. The van der Waals surface area contributed by atoms with Gasteiger partial charge in [0, 0.05) is 48.8 Å². The molecule has 0 aromatic heterocycles. The fourth-order valence-electron chi connectivity index (χ4n) is 4.35. The third-order valence-corrected chi connectivity index (χ3v) is 6.54. The van der Waals surface area contributed by atoms with Gasteiger partial charge in [-0.3, -0.25) is 9.59 Å². The van der Waals surface area contributed by atoms with Gasteiger partial charge < -0.3 is 19.9 Å². The third kappa shape index (κ3) is 4.50. The summed E-state index contributed by atoms with van der Waals surface area (Å²) >= 11 is 5.86. The number of rotatable bonds is 5. The molecule has 7 heteroatoms. The van der Waals surface area contributed by atoms with Crippen LogP contribution in [0.2, 0.25) is 5.02 Å². The van der Waals surface area contributed by atoms with Crippen molar-refractivity contribution in [3.05, 3.63) is 34.9 Å². The van der Waals surface area contributed by atoms with Crippen molar-refractivity contribution in [3.8, 4) is 0 Å². The second-order valence-electron chi connectivity index (χ2n) is 8.05. The normalized spacial score (nSPS) is 24.8. The number of amides is 2. The quantitative estimate of drug-likeness (QED) is 0.816. The lowest BCUT2D eigenvalue weighted by Gasteiger charge is -2.45. The second-order valence-corrected chi connectivity index (χ2v) is 8.48. The van der Waals surface area contributed by atoms with Crippen LogP contribution in [0.5, 0.6) is 0 Å². The van der Waals surface area contributed by atoms with Crippen LogP contribution in [0.15, 0.2) is 24.3 Å². The van der Waals surface area contributed by atoms with Crippen LogP contribution in [-0.4, -0.2) is 72.6 Å². The molecule has 0 radical (unpaired) electrons. The summed E-state index contributed by atoms with van der Waals surface area (Å²) in [6.45, 7) is 3.21. The molecule has 152 valence electrons. The van der Waals surface area contributed by atoms with Gasteiger partial charge in [0.15, 0.2) is 0 Å². The van der Waals surface area contributed by atoms with E-state index in [-0.39, 0.29) is 24.5 Å². The lowest BCUT2D eigenvalue weighted by molar-refractivity contribution is -0.153. The minimum Gasteiger partial charge on any atom is -0.365 e. The van der Waals surface area contributed by atoms with Gasteiger partial charge in [-0.2, -0.15) is 0 Å². The van der Waals surface area contributed by atoms with Gasteiger partial charge in [-0.15, -0.1) is 0 Å². The highest BCUT2D eigenvalue weighted by molar-refractivity contribution is 6.30. The fourth-order valence-corrected chi connectivity index (χ4v) is 4.47. The summed E-state index contributed by atoms with van der Waals surface area (Å²) in [6, 6.07) is 7.86. The number of likely N-dealkylation sites (tertiary alicyclic amines) is 1. The Morgan fingerprint density at radius 2 is 1.82 bits per heavy atom. The predicted octanol–water partition coefficient (Wildman–Crippen LogP) is 2.31. The van der Waals surface area contributed by atoms with E-state index < -0.39 is 0 Å². The molecule has 3 aliphatic rings.